The van der Waals surface area contributed by atoms with E-state index in [0.717, 1.165) is 0 Å². The highest BCUT2D eigenvalue weighted by Crippen LogP contribution is 2.37. The van der Waals surface area contributed by atoms with Crippen molar-refractivity contribution >= 4 is 17.0 Å². The highest BCUT2D eigenvalue weighted by Gasteiger charge is 2.17. The van der Waals surface area contributed by atoms with Gasteiger partial charge in [-0.15, -0.1) is 11.3 Å². The molecule has 1 aliphatic carbocycles. The summed E-state index contributed by atoms with van der Waals surface area (Å²) in [5.74, 6) is 0. The van der Waals surface area contributed by atoms with Crippen LogP contribution in [0.4, 0.5) is 5.69 Å². The average molecular weight is 181 g/mol. The van der Waals surface area contributed by atoms with Crippen molar-refractivity contribution in [3.05, 3.63) is 15.3 Å². The zero-order valence-electron chi connectivity index (χ0n) is 7.74. The molecule has 0 fully saturated rings. The molecule has 2 rings (SSSR count). The van der Waals surface area contributed by atoms with Crippen molar-refractivity contribution in [1.29, 1.82) is 0 Å². The number of fused-ring (bicyclic) bond motifs is 1. The molecule has 1 aromatic rings. The molecule has 1 N–H and O–H groups in total. The fraction of sp³-hybridized carbons (Fsp3) is 0.600. The first kappa shape index (κ1) is 8.11. The molecular weight excluding hydrogens is 166 g/mol. The van der Waals surface area contributed by atoms with Gasteiger partial charge in [-0.05, 0) is 38.2 Å². The molecule has 1 aromatic heterocycles. The van der Waals surface area contributed by atoms with Gasteiger partial charge in [0.25, 0.3) is 0 Å². The second-order valence-corrected chi connectivity index (χ2v) is 4.70. The van der Waals surface area contributed by atoms with E-state index in [0.29, 0.717) is 0 Å². The van der Waals surface area contributed by atoms with Gasteiger partial charge in [-0.1, -0.05) is 0 Å². The standard InChI is InChI=1S/C10H15NS/c1-7-10(11-2)8-5-3-4-6-9(8)12-7/h11H,3-6H2,1-2H3. The van der Waals surface area contributed by atoms with Gasteiger partial charge in [0, 0.05) is 16.8 Å². The lowest BCUT2D eigenvalue weighted by molar-refractivity contribution is 0.698. The molecular formula is C10H15NS. The Bertz CT molecular complexity index is 288. The van der Waals surface area contributed by atoms with Gasteiger partial charge in [0.05, 0.1) is 5.69 Å². The minimum atomic E-state index is 1.29. The number of hydrogen-bond acceptors (Lipinski definition) is 2. The van der Waals surface area contributed by atoms with Gasteiger partial charge in [-0.3, -0.25) is 0 Å². The molecule has 0 atom stereocenters. The average Bonchev–Trinajstić information content (AvgIpc) is 2.40. The first-order valence-electron chi connectivity index (χ1n) is 4.62. The van der Waals surface area contributed by atoms with E-state index in [1.165, 1.54) is 36.2 Å². The highest BCUT2D eigenvalue weighted by atomic mass is 32.1. The number of aryl methyl sites for hydroxylation is 2. The van der Waals surface area contributed by atoms with E-state index >= 15 is 0 Å². The third-order valence-electron chi connectivity index (χ3n) is 2.60. The molecule has 0 bridgehead atoms. The fourth-order valence-corrected chi connectivity index (χ4v) is 3.30. The smallest absolute Gasteiger partial charge is 0.0511 e. The molecule has 1 heterocycles. The summed E-state index contributed by atoms with van der Waals surface area (Å²) in [6.45, 7) is 2.22. The van der Waals surface area contributed by atoms with Crippen molar-refractivity contribution < 1.29 is 0 Å². The third kappa shape index (κ3) is 1.14. The molecule has 1 aliphatic rings. The SMILES string of the molecule is CNc1c(C)sc2c1CCCC2. The van der Waals surface area contributed by atoms with Crippen LogP contribution in [0.15, 0.2) is 0 Å². The van der Waals surface area contributed by atoms with Gasteiger partial charge >= 0.3 is 0 Å². The molecule has 0 saturated heterocycles. The number of rotatable bonds is 1. The monoisotopic (exact) mass is 181 g/mol. The largest absolute Gasteiger partial charge is 0.387 e. The van der Waals surface area contributed by atoms with E-state index in [1.807, 2.05) is 18.4 Å². The van der Waals surface area contributed by atoms with Crippen molar-refractivity contribution in [3.8, 4) is 0 Å². The van der Waals surface area contributed by atoms with Crippen LogP contribution in [0.3, 0.4) is 0 Å². The van der Waals surface area contributed by atoms with Gasteiger partial charge in [0.15, 0.2) is 0 Å². The molecule has 0 radical (unpaired) electrons. The van der Waals surface area contributed by atoms with Gasteiger partial charge in [0.2, 0.25) is 0 Å². The minimum absolute atomic E-state index is 1.29. The normalized spacial score (nSPS) is 15.8. The summed E-state index contributed by atoms with van der Waals surface area (Å²) in [7, 11) is 2.03. The maximum absolute atomic E-state index is 3.31. The molecule has 0 saturated carbocycles. The topological polar surface area (TPSA) is 12.0 Å². The van der Waals surface area contributed by atoms with E-state index < -0.39 is 0 Å². The second kappa shape index (κ2) is 3.09. The van der Waals surface area contributed by atoms with E-state index in [-0.39, 0.29) is 0 Å². The summed E-state index contributed by atoms with van der Waals surface area (Å²) in [4.78, 5) is 3.09. The van der Waals surface area contributed by atoms with Crippen LogP contribution in [0.2, 0.25) is 0 Å². The van der Waals surface area contributed by atoms with E-state index in [2.05, 4.69) is 12.2 Å². The quantitative estimate of drug-likeness (QED) is 0.702. The second-order valence-electron chi connectivity index (χ2n) is 3.39. The summed E-state index contributed by atoms with van der Waals surface area (Å²) in [5, 5.41) is 3.31. The van der Waals surface area contributed by atoms with Crippen LogP contribution in [0.1, 0.15) is 28.2 Å². The van der Waals surface area contributed by atoms with E-state index in [9.17, 15) is 0 Å². The lowest BCUT2D eigenvalue weighted by Gasteiger charge is -2.12. The van der Waals surface area contributed by atoms with Crippen molar-refractivity contribution in [1.82, 2.24) is 0 Å². The predicted molar refractivity (Wildman–Crippen MR) is 55.2 cm³/mol. The lowest BCUT2D eigenvalue weighted by atomic mass is 9.98. The van der Waals surface area contributed by atoms with Crippen LogP contribution in [-0.4, -0.2) is 7.05 Å². The Morgan fingerprint density at radius 3 is 2.75 bits per heavy atom. The summed E-state index contributed by atoms with van der Waals surface area (Å²) in [6.07, 6.45) is 5.35. The van der Waals surface area contributed by atoms with E-state index in [1.54, 1.807) is 10.4 Å². The maximum Gasteiger partial charge on any atom is 0.0511 e. The zero-order valence-corrected chi connectivity index (χ0v) is 8.55. The van der Waals surface area contributed by atoms with Crippen LogP contribution in [0.25, 0.3) is 0 Å². The fourth-order valence-electron chi connectivity index (χ4n) is 2.03. The molecule has 0 aliphatic heterocycles. The molecule has 0 aromatic carbocycles. The van der Waals surface area contributed by atoms with Gasteiger partial charge in [-0.25, -0.2) is 0 Å². The molecule has 0 unspecified atom stereocenters. The highest BCUT2D eigenvalue weighted by molar-refractivity contribution is 7.12. The molecule has 1 nitrogen and oxygen atoms in total. The molecule has 66 valence electrons. The van der Waals surface area contributed by atoms with Crippen LogP contribution in [0.5, 0.6) is 0 Å². The summed E-state index contributed by atoms with van der Waals surface area (Å²) >= 11 is 1.98. The van der Waals surface area contributed by atoms with Crippen LogP contribution in [0, 0.1) is 6.92 Å². The molecule has 0 amide bonds. The van der Waals surface area contributed by atoms with Crippen molar-refractivity contribution in [3.63, 3.8) is 0 Å². The Morgan fingerprint density at radius 2 is 2.00 bits per heavy atom. The Labute approximate surface area is 77.8 Å². The first-order chi connectivity index (χ1) is 5.83. The van der Waals surface area contributed by atoms with Crippen LogP contribution in [-0.2, 0) is 12.8 Å². The lowest BCUT2D eigenvalue weighted by Crippen LogP contribution is -2.01. The van der Waals surface area contributed by atoms with Crippen molar-refractivity contribution in [2.75, 3.05) is 12.4 Å². The number of hydrogen-bond donors (Lipinski definition) is 1. The Kier molecular flexibility index (Phi) is 2.09. The van der Waals surface area contributed by atoms with Gasteiger partial charge in [-0.2, -0.15) is 0 Å². The number of anilines is 1. The first-order valence-corrected chi connectivity index (χ1v) is 5.43. The molecule has 12 heavy (non-hydrogen) atoms. The maximum atomic E-state index is 3.31. The summed E-state index contributed by atoms with van der Waals surface area (Å²) in [6, 6.07) is 0. The zero-order chi connectivity index (χ0) is 8.55. The number of thiophene rings is 1. The van der Waals surface area contributed by atoms with Crippen molar-refractivity contribution in [2.24, 2.45) is 0 Å². The Hall–Kier alpha value is -0.500. The Morgan fingerprint density at radius 1 is 1.25 bits per heavy atom. The number of nitrogens with one attached hydrogen (secondary N) is 1. The van der Waals surface area contributed by atoms with Gasteiger partial charge < -0.3 is 5.32 Å². The third-order valence-corrected chi connectivity index (χ3v) is 3.80. The van der Waals surface area contributed by atoms with Crippen LogP contribution >= 0.6 is 11.3 Å². The summed E-state index contributed by atoms with van der Waals surface area (Å²) in [5.41, 5.74) is 3.01. The predicted octanol–water partition coefficient (Wildman–Crippen LogP) is 2.98. The van der Waals surface area contributed by atoms with Crippen molar-refractivity contribution in [2.45, 2.75) is 32.6 Å². The Balaban J connectivity index is 2.46. The summed E-state index contributed by atoms with van der Waals surface area (Å²) < 4.78 is 0. The van der Waals surface area contributed by atoms with Gasteiger partial charge in [0.1, 0.15) is 0 Å². The molecule has 0 spiro atoms. The molecule has 2 heteroatoms. The minimum Gasteiger partial charge on any atom is -0.387 e. The van der Waals surface area contributed by atoms with Crippen LogP contribution < -0.4 is 5.32 Å². The van der Waals surface area contributed by atoms with E-state index in [4.69, 9.17) is 0 Å².